The molecule has 0 amide bonds. The van der Waals surface area contributed by atoms with Gasteiger partial charge in [0.25, 0.3) is 0 Å². The van der Waals surface area contributed by atoms with Gasteiger partial charge in [-0.05, 0) is 83.6 Å². The monoisotopic (exact) mass is 467 g/mol. The zero-order valence-corrected chi connectivity index (χ0v) is 15.3. The lowest BCUT2D eigenvalue weighted by Gasteiger charge is -2.19. The van der Waals surface area contributed by atoms with Gasteiger partial charge in [-0.2, -0.15) is 0 Å². The summed E-state index contributed by atoms with van der Waals surface area (Å²) in [5, 5.41) is 3.80. The molecule has 0 aliphatic heterocycles. The lowest BCUT2D eigenvalue weighted by atomic mass is 9.99. The summed E-state index contributed by atoms with van der Waals surface area (Å²) in [4.78, 5) is 0. The van der Waals surface area contributed by atoms with Gasteiger partial charge in [-0.25, -0.2) is 4.39 Å². The van der Waals surface area contributed by atoms with Gasteiger partial charge in [0.2, 0.25) is 0 Å². The molecule has 1 unspecified atom stereocenters. The number of rotatable bonds is 4. The molecule has 0 saturated heterocycles. The van der Waals surface area contributed by atoms with Crippen molar-refractivity contribution in [3.05, 3.63) is 66.4 Å². The van der Waals surface area contributed by atoms with Gasteiger partial charge in [0.1, 0.15) is 5.82 Å². The van der Waals surface area contributed by atoms with E-state index in [1.807, 2.05) is 19.2 Å². The van der Waals surface area contributed by atoms with Crippen molar-refractivity contribution in [2.75, 3.05) is 7.05 Å². The lowest BCUT2D eigenvalue weighted by Crippen LogP contribution is -2.20. The molecular weight excluding hydrogens is 455 g/mol. The Morgan fingerprint density at radius 2 is 2.05 bits per heavy atom. The van der Waals surface area contributed by atoms with Crippen LogP contribution in [0, 0.1) is 9.39 Å². The Morgan fingerprint density at radius 1 is 1.30 bits per heavy atom. The van der Waals surface area contributed by atoms with Gasteiger partial charge < -0.3 is 5.32 Å². The number of halogens is 4. The Hall–Kier alpha value is -0.170. The second-order valence-electron chi connectivity index (χ2n) is 4.45. The quantitative estimate of drug-likeness (QED) is 0.597. The number of hydrogen-bond acceptors (Lipinski definition) is 1. The standard InChI is InChI=1S/C15H13BrClFIN/c1-20-15(12-8-10(16)2-5-14(12)19)7-9-6-11(17)3-4-13(9)18/h2-6,8,15,20H,7H2,1H3. The van der Waals surface area contributed by atoms with Crippen LogP contribution in [0.25, 0.3) is 0 Å². The van der Waals surface area contributed by atoms with Gasteiger partial charge in [-0.1, -0.05) is 27.5 Å². The SMILES string of the molecule is CNC(Cc1cc(Cl)ccc1F)c1cc(Br)ccc1I. The Morgan fingerprint density at radius 3 is 2.75 bits per heavy atom. The highest BCUT2D eigenvalue weighted by molar-refractivity contribution is 14.1. The molecule has 0 spiro atoms. The molecule has 20 heavy (non-hydrogen) atoms. The highest BCUT2D eigenvalue weighted by Gasteiger charge is 2.16. The van der Waals surface area contributed by atoms with Crippen LogP contribution in [0.3, 0.4) is 0 Å². The smallest absolute Gasteiger partial charge is 0.126 e. The molecular formula is C15H13BrClFIN. The normalized spacial score (nSPS) is 12.4. The van der Waals surface area contributed by atoms with E-state index in [0.29, 0.717) is 17.0 Å². The van der Waals surface area contributed by atoms with Gasteiger partial charge in [0, 0.05) is 19.1 Å². The maximum absolute atomic E-state index is 13.9. The fraction of sp³-hybridized carbons (Fsp3) is 0.200. The van der Waals surface area contributed by atoms with Crippen molar-refractivity contribution in [3.8, 4) is 0 Å². The fourth-order valence-corrected chi connectivity index (χ4v) is 3.35. The molecule has 2 rings (SSSR count). The third-order valence-electron chi connectivity index (χ3n) is 3.11. The van der Waals surface area contributed by atoms with Crippen LogP contribution in [0.2, 0.25) is 5.02 Å². The highest BCUT2D eigenvalue weighted by atomic mass is 127. The van der Waals surface area contributed by atoms with E-state index < -0.39 is 0 Å². The molecule has 0 saturated carbocycles. The van der Waals surface area contributed by atoms with Crippen LogP contribution in [-0.2, 0) is 6.42 Å². The van der Waals surface area contributed by atoms with Crippen LogP contribution in [-0.4, -0.2) is 7.05 Å². The van der Waals surface area contributed by atoms with E-state index in [1.54, 1.807) is 12.1 Å². The maximum atomic E-state index is 13.9. The summed E-state index contributed by atoms with van der Waals surface area (Å²) in [6, 6.07) is 10.8. The van der Waals surface area contributed by atoms with Crippen molar-refractivity contribution in [3.63, 3.8) is 0 Å². The third kappa shape index (κ3) is 3.93. The highest BCUT2D eigenvalue weighted by Crippen LogP contribution is 2.28. The van der Waals surface area contributed by atoms with E-state index in [1.165, 1.54) is 6.07 Å². The summed E-state index contributed by atoms with van der Waals surface area (Å²) in [5.74, 6) is -0.223. The molecule has 0 fully saturated rings. The van der Waals surface area contributed by atoms with Gasteiger partial charge >= 0.3 is 0 Å². The van der Waals surface area contributed by atoms with E-state index >= 15 is 0 Å². The molecule has 0 bridgehead atoms. The summed E-state index contributed by atoms with van der Waals surface area (Å²) in [7, 11) is 1.88. The summed E-state index contributed by atoms with van der Waals surface area (Å²) in [5.41, 5.74) is 1.76. The topological polar surface area (TPSA) is 12.0 Å². The molecule has 0 radical (unpaired) electrons. The number of hydrogen-bond donors (Lipinski definition) is 1. The first-order valence-corrected chi connectivity index (χ1v) is 8.32. The van der Waals surface area contributed by atoms with Crippen molar-refractivity contribution >= 4 is 50.1 Å². The van der Waals surface area contributed by atoms with E-state index in [0.717, 1.165) is 13.6 Å². The van der Waals surface area contributed by atoms with Gasteiger partial charge in [-0.3, -0.25) is 0 Å². The Labute approximate surface area is 145 Å². The predicted molar refractivity (Wildman–Crippen MR) is 93.8 cm³/mol. The fourth-order valence-electron chi connectivity index (χ4n) is 2.07. The van der Waals surface area contributed by atoms with Crippen LogP contribution in [0.15, 0.2) is 40.9 Å². The zero-order valence-electron chi connectivity index (χ0n) is 10.8. The molecule has 1 nitrogen and oxygen atoms in total. The Kier molecular flexibility index (Phi) is 5.84. The summed E-state index contributed by atoms with van der Waals surface area (Å²) >= 11 is 11.7. The van der Waals surface area contributed by atoms with E-state index in [2.05, 4.69) is 49.9 Å². The van der Waals surface area contributed by atoms with E-state index in [4.69, 9.17) is 11.6 Å². The minimum Gasteiger partial charge on any atom is -0.313 e. The second kappa shape index (κ2) is 7.20. The molecule has 5 heteroatoms. The van der Waals surface area contributed by atoms with Gasteiger partial charge in [0.05, 0.1) is 0 Å². The molecule has 0 aliphatic carbocycles. The summed E-state index contributed by atoms with van der Waals surface area (Å²) in [6.07, 6.45) is 0.551. The molecule has 2 aromatic rings. The molecule has 2 aromatic carbocycles. The van der Waals surface area contributed by atoms with Crippen LogP contribution >= 0.6 is 50.1 Å². The molecule has 0 aromatic heterocycles. The average molecular weight is 469 g/mol. The first-order chi connectivity index (χ1) is 9.51. The average Bonchev–Trinajstić information content (AvgIpc) is 2.42. The Balaban J connectivity index is 2.33. The van der Waals surface area contributed by atoms with Crippen molar-refractivity contribution in [1.29, 1.82) is 0 Å². The molecule has 0 aliphatic rings. The van der Waals surface area contributed by atoms with Gasteiger partial charge in [-0.15, -0.1) is 0 Å². The van der Waals surface area contributed by atoms with E-state index in [9.17, 15) is 4.39 Å². The number of benzene rings is 2. The van der Waals surface area contributed by atoms with Crippen LogP contribution in [0.5, 0.6) is 0 Å². The summed E-state index contributed by atoms with van der Waals surface area (Å²) < 4.78 is 16.0. The maximum Gasteiger partial charge on any atom is 0.126 e. The zero-order chi connectivity index (χ0) is 14.7. The minimum atomic E-state index is -0.223. The van der Waals surface area contributed by atoms with Crippen molar-refractivity contribution in [2.24, 2.45) is 0 Å². The first-order valence-electron chi connectivity index (χ1n) is 6.07. The van der Waals surface area contributed by atoms with Crippen LogP contribution in [0.4, 0.5) is 4.39 Å². The van der Waals surface area contributed by atoms with Crippen LogP contribution in [0.1, 0.15) is 17.2 Å². The third-order valence-corrected chi connectivity index (χ3v) is 4.82. The number of nitrogens with one attached hydrogen (secondary N) is 1. The van der Waals surface area contributed by atoms with Crippen molar-refractivity contribution in [2.45, 2.75) is 12.5 Å². The summed E-state index contributed by atoms with van der Waals surface area (Å²) in [6.45, 7) is 0. The lowest BCUT2D eigenvalue weighted by molar-refractivity contribution is 0.553. The van der Waals surface area contributed by atoms with Crippen molar-refractivity contribution < 1.29 is 4.39 Å². The number of likely N-dealkylation sites (N-methyl/N-ethyl adjacent to an activating group) is 1. The first kappa shape index (κ1) is 16.2. The predicted octanol–water partition coefficient (Wildman–Crippen LogP) is 5.35. The molecule has 106 valence electrons. The Bertz CT molecular complexity index is 621. The minimum absolute atomic E-state index is 0.0346. The van der Waals surface area contributed by atoms with E-state index in [-0.39, 0.29) is 11.9 Å². The molecule has 1 atom stereocenters. The second-order valence-corrected chi connectivity index (χ2v) is 6.96. The largest absolute Gasteiger partial charge is 0.313 e. The molecule has 1 N–H and O–H groups in total. The van der Waals surface area contributed by atoms with Crippen LogP contribution < -0.4 is 5.32 Å². The van der Waals surface area contributed by atoms with Crippen molar-refractivity contribution in [1.82, 2.24) is 5.32 Å². The molecule has 0 heterocycles. The van der Waals surface area contributed by atoms with Gasteiger partial charge in [0.15, 0.2) is 0 Å².